The Balaban J connectivity index is 1.80. The van der Waals surface area contributed by atoms with Crippen LogP contribution < -0.4 is 5.32 Å². The molecule has 0 amide bonds. The van der Waals surface area contributed by atoms with Gasteiger partial charge in [0, 0.05) is 12.2 Å². The zero-order valence-corrected chi connectivity index (χ0v) is 11.5. The van der Waals surface area contributed by atoms with Gasteiger partial charge in [0.05, 0.1) is 11.5 Å². The monoisotopic (exact) mass is 301 g/mol. The second-order valence-electron chi connectivity index (χ2n) is 5.51. The fraction of sp³-hybridized carbons (Fsp3) is 0.533. The highest BCUT2D eigenvalue weighted by Gasteiger charge is 2.30. The van der Waals surface area contributed by atoms with E-state index in [1.54, 1.807) is 0 Å². The Labute approximate surface area is 121 Å². The Hall–Kier alpha value is -1.72. The molecule has 0 saturated heterocycles. The molecule has 1 aliphatic rings. The third kappa shape index (κ3) is 4.37. The van der Waals surface area contributed by atoms with Crippen LogP contribution in [0, 0.1) is 11.8 Å². The van der Waals surface area contributed by atoms with Crippen LogP contribution >= 0.6 is 0 Å². The summed E-state index contributed by atoms with van der Waals surface area (Å²) in [6.07, 6.45) is -1.29. The van der Waals surface area contributed by atoms with E-state index < -0.39 is 17.7 Å². The van der Waals surface area contributed by atoms with Gasteiger partial charge in [-0.15, -0.1) is 0 Å². The first-order chi connectivity index (χ1) is 9.86. The number of aliphatic carboxylic acids is 1. The molecule has 3 nitrogen and oxygen atoms in total. The molecule has 0 heterocycles. The average molecular weight is 301 g/mol. The van der Waals surface area contributed by atoms with Gasteiger partial charge in [-0.2, -0.15) is 13.2 Å². The second kappa shape index (κ2) is 6.37. The fourth-order valence-electron chi connectivity index (χ4n) is 2.65. The van der Waals surface area contributed by atoms with Gasteiger partial charge in [0.15, 0.2) is 0 Å². The van der Waals surface area contributed by atoms with Crippen molar-refractivity contribution < 1.29 is 23.1 Å². The standard InChI is InChI=1S/C15H18F3NO2/c16-15(17,18)12-5-7-13(8-6-12)19-9-10-1-3-11(4-2-10)14(20)21/h5-8,10-11,19H,1-4,9H2,(H,20,21). The van der Waals surface area contributed by atoms with Crippen LogP contribution in [0.25, 0.3) is 0 Å². The predicted octanol–water partition coefficient (Wildman–Crippen LogP) is 4.01. The summed E-state index contributed by atoms with van der Waals surface area (Å²) in [5.74, 6) is -0.598. The molecule has 0 aromatic heterocycles. The number of nitrogens with one attached hydrogen (secondary N) is 1. The highest BCUT2D eigenvalue weighted by molar-refractivity contribution is 5.70. The largest absolute Gasteiger partial charge is 0.481 e. The summed E-state index contributed by atoms with van der Waals surface area (Å²) in [4.78, 5) is 10.8. The number of carbonyl (C=O) groups is 1. The van der Waals surface area contributed by atoms with Gasteiger partial charge in [0.1, 0.15) is 0 Å². The molecule has 1 fully saturated rings. The molecule has 2 rings (SSSR count). The molecular formula is C15H18F3NO2. The Morgan fingerprint density at radius 2 is 1.71 bits per heavy atom. The van der Waals surface area contributed by atoms with E-state index in [4.69, 9.17) is 5.11 Å². The summed E-state index contributed by atoms with van der Waals surface area (Å²) in [7, 11) is 0. The maximum atomic E-state index is 12.4. The minimum absolute atomic E-state index is 0.243. The summed E-state index contributed by atoms with van der Waals surface area (Å²) in [6, 6.07) is 4.96. The van der Waals surface area contributed by atoms with Crippen molar-refractivity contribution in [1.29, 1.82) is 0 Å². The van der Waals surface area contributed by atoms with Crippen LogP contribution in [0.3, 0.4) is 0 Å². The van der Waals surface area contributed by atoms with Crippen molar-refractivity contribution in [2.45, 2.75) is 31.9 Å². The molecule has 21 heavy (non-hydrogen) atoms. The van der Waals surface area contributed by atoms with Crippen LogP contribution in [0.2, 0.25) is 0 Å². The van der Waals surface area contributed by atoms with E-state index in [1.165, 1.54) is 12.1 Å². The van der Waals surface area contributed by atoms with Gasteiger partial charge in [-0.05, 0) is 55.9 Å². The first-order valence-corrected chi connectivity index (χ1v) is 7.00. The van der Waals surface area contributed by atoms with E-state index in [1.807, 2.05) is 0 Å². The van der Waals surface area contributed by atoms with Crippen molar-refractivity contribution >= 4 is 11.7 Å². The lowest BCUT2D eigenvalue weighted by Gasteiger charge is -2.26. The molecule has 1 aromatic rings. The van der Waals surface area contributed by atoms with Crippen molar-refractivity contribution in [1.82, 2.24) is 0 Å². The van der Waals surface area contributed by atoms with Crippen molar-refractivity contribution in [2.75, 3.05) is 11.9 Å². The van der Waals surface area contributed by atoms with Crippen molar-refractivity contribution in [3.05, 3.63) is 29.8 Å². The van der Waals surface area contributed by atoms with E-state index in [-0.39, 0.29) is 5.92 Å². The first kappa shape index (κ1) is 15.7. The van der Waals surface area contributed by atoms with Gasteiger partial charge >= 0.3 is 12.1 Å². The number of anilines is 1. The third-order valence-electron chi connectivity index (χ3n) is 4.00. The van der Waals surface area contributed by atoms with E-state index >= 15 is 0 Å². The normalized spacial score (nSPS) is 22.8. The Morgan fingerprint density at radius 1 is 1.14 bits per heavy atom. The molecular weight excluding hydrogens is 283 g/mol. The molecule has 0 aliphatic heterocycles. The molecule has 0 atom stereocenters. The summed E-state index contributed by atoms with van der Waals surface area (Å²) in [6.45, 7) is 0.664. The zero-order chi connectivity index (χ0) is 15.5. The highest BCUT2D eigenvalue weighted by atomic mass is 19.4. The number of benzene rings is 1. The molecule has 1 aromatic carbocycles. The summed E-state index contributed by atoms with van der Waals surface area (Å²) in [5.41, 5.74) is -0.00151. The molecule has 0 radical (unpaired) electrons. The van der Waals surface area contributed by atoms with Gasteiger partial charge in [-0.3, -0.25) is 4.79 Å². The van der Waals surface area contributed by atoms with Crippen molar-refractivity contribution in [3.8, 4) is 0 Å². The lowest BCUT2D eigenvalue weighted by molar-refractivity contribution is -0.143. The number of carboxylic acids is 1. The van der Waals surface area contributed by atoms with Gasteiger partial charge in [-0.1, -0.05) is 0 Å². The van der Waals surface area contributed by atoms with Crippen LogP contribution in [0.5, 0.6) is 0 Å². The van der Waals surface area contributed by atoms with Gasteiger partial charge < -0.3 is 10.4 Å². The summed E-state index contributed by atoms with van der Waals surface area (Å²) >= 11 is 0. The van der Waals surface area contributed by atoms with E-state index in [2.05, 4.69) is 5.32 Å². The Morgan fingerprint density at radius 3 is 2.19 bits per heavy atom. The van der Waals surface area contributed by atoms with Crippen LogP contribution in [-0.2, 0) is 11.0 Å². The lowest BCUT2D eigenvalue weighted by atomic mass is 9.82. The minimum Gasteiger partial charge on any atom is -0.481 e. The molecule has 0 unspecified atom stereocenters. The SMILES string of the molecule is O=C(O)C1CCC(CNc2ccc(C(F)(F)F)cc2)CC1. The zero-order valence-electron chi connectivity index (χ0n) is 11.5. The Kier molecular flexibility index (Phi) is 4.75. The van der Waals surface area contributed by atoms with E-state index in [9.17, 15) is 18.0 Å². The number of carboxylic acid groups (broad SMARTS) is 1. The maximum Gasteiger partial charge on any atom is 0.416 e. The molecule has 0 bridgehead atoms. The molecule has 0 spiro atoms. The van der Waals surface area contributed by atoms with E-state index in [0.717, 1.165) is 25.0 Å². The number of hydrogen-bond donors (Lipinski definition) is 2. The van der Waals surface area contributed by atoms with Crippen molar-refractivity contribution in [3.63, 3.8) is 0 Å². The van der Waals surface area contributed by atoms with Gasteiger partial charge in [0.2, 0.25) is 0 Å². The maximum absolute atomic E-state index is 12.4. The van der Waals surface area contributed by atoms with Gasteiger partial charge in [-0.25, -0.2) is 0 Å². The molecule has 1 aliphatic carbocycles. The fourth-order valence-corrected chi connectivity index (χ4v) is 2.65. The minimum atomic E-state index is -4.31. The van der Waals surface area contributed by atoms with Crippen LogP contribution in [0.1, 0.15) is 31.2 Å². The number of rotatable bonds is 4. The molecule has 116 valence electrons. The lowest BCUT2D eigenvalue weighted by Crippen LogP contribution is -2.25. The number of halogens is 3. The number of hydrogen-bond acceptors (Lipinski definition) is 2. The van der Waals surface area contributed by atoms with E-state index in [0.29, 0.717) is 31.0 Å². The third-order valence-corrected chi connectivity index (χ3v) is 4.00. The van der Waals surface area contributed by atoms with Crippen LogP contribution in [-0.4, -0.2) is 17.6 Å². The summed E-state index contributed by atoms with van der Waals surface area (Å²) < 4.78 is 37.3. The van der Waals surface area contributed by atoms with Gasteiger partial charge in [0.25, 0.3) is 0 Å². The van der Waals surface area contributed by atoms with Crippen LogP contribution in [0.4, 0.5) is 18.9 Å². The average Bonchev–Trinajstić information content (AvgIpc) is 2.45. The Bertz CT molecular complexity index is 477. The second-order valence-corrected chi connectivity index (χ2v) is 5.51. The summed E-state index contributed by atoms with van der Waals surface area (Å²) in [5, 5.41) is 12.0. The quantitative estimate of drug-likeness (QED) is 0.883. The molecule has 6 heteroatoms. The predicted molar refractivity (Wildman–Crippen MR) is 73.0 cm³/mol. The smallest absolute Gasteiger partial charge is 0.416 e. The topological polar surface area (TPSA) is 49.3 Å². The molecule has 2 N–H and O–H groups in total. The van der Waals surface area contributed by atoms with Crippen molar-refractivity contribution in [2.24, 2.45) is 11.8 Å². The highest BCUT2D eigenvalue weighted by Crippen LogP contribution is 2.31. The van der Waals surface area contributed by atoms with Crippen LogP contribution in [0.15, 0.2) is 24.3 Å². The molecule has 1 saturated carbocycles. The first-order valence-electron chi connectivity index (χ1n) is 7.00. The number of alkyl halides is 3.